The molecule has 1 unspecified atom stereocenters. The van der Waals surface area contributed by atoms with Gasteiger partial charge in [0, 0.05) is 19.2 Å². The summed E-state index contributed by atoms with van der Waals surface area (Å²) in [5.41, 5.74) is 0. The van der Waals surface area contributed by atoms with Crippen LogP contribution >= 0.6 is 0 Å². The number of guanidine groups is 1. The third kappa shape index (κ3) is 6.38. The molecule has 0 bridgehead atoms. The first-order valence-corrected chi connectivity index (χ1v) is 7.30. The van der Waals surface area contributed by atoms with Gasteiger partial charge >= 0.3 is 0 Å². The van der Waals surface area contributed by atoms with Crippen molar-refractivity contribution in [3.05, 3.63) is 24.3 Å². The molecular weight excluding hydrogens is 266 g/mol. The van der Waals surface area contributed by atoms with E-state index in [-0.39, 0.29) is 0 Å². The average molecular weight is 293 g/mol. The molecule has 0 heterocycles. The van der Waals surface area contributed by atoms with Crippen molar-refractivity contribution in [2.75, 3.05) is 27.3 Å². The molecule has 5 nitrogen and oxygen atoms in total. The van der Waals surface area contributed by atoms with E-state index >= 15 is 0 Å². The summed E-state index contributed by atoms with van der Waals surface area (Å²) >= 11 is 0. The van der Waals surface area contributed by atoms with Gasteiger partial charge in [0.05, 0.1) is 13.7 Å². The molecular formula is C16H27N3O2. The summed E-state index contributed by atoms with van der Waals surface area (Å²) in [5, 5.41) is 6.58. The number of aliphatic imine (C=N–C) groups is 1. The maximum atomic E-state index is 5.67. The van der Waals surface area contributed by atoms with Crippen LogP contribution in [0.25, 0.3) is 0 Å². The highest BCUT2D eigenvalue weighted by molar-refractivity contribution is 5.79. The van der Waals surface area contributed by atoms with Crippen molar-refractivity contribution in [2.45, 2.75) is 26.8 Å². The number of benzene rings is 1. The molecule has 5 heteroatoms. The average Bonchev–Trinajstić information content (AvgIpc) is 2.50. The summed E-state index contributed by atoms with van der Waals surface area (Å²) in [6.45, 7) is 7.74. The SMILES string of the molecule is CN=C(NCCOc1cccc(OC)c1)NC(C)C(C)C. The second kappa shape index (κ2) is 9.10. The van der Waals surface area contributed by atoms with Gasteiger partial charge < -0.3 is 20.1 Å². The van der Waals surface area contributed by atoms with Crippen LogP contribution in [-0.2, 0) is 0 Å². The van der Waals surface area contributed by atoms with Gasteiger partial charge in [-0.1, -0.05) is 19.9 Å². The van der Waals surface area contributed by atoms with Gasteiger partial charge in [-0.2, -0.15) is 0 Å². The van der Waals surface area contributed by atoms with Gasteiger partial charge in [0.1, 0.15) is 18.1 Å². The maximum Gasteiger partial charge on any atom is 0.191 e. The van der Waals surface area contributed by atoms with Crippen LogP contribution in [0.1, 0.15) is 20.8 Å². The zero-order valence-corrected chi connectivity index (χ0v) is 13.6. The summed E-state index contributed by atoms with van der Waals surface area (Å²) in [5.74, 6) is 2.94. The van der Waals surface area contributed by atoms with Gasteiger partial charge in [-0.25, -0.2) is 0 Å². The van der Waals surface area contributed by atoms with Crippen LogP contribution in [0.4, 0.5) is 0 Å². The highest BCUT2D eigenvalue weighted by Gasteiger charge is 2.08. The Hall–Kier alpha value is -1.91. The number of ether oxygens (including phenoxy) is 2. The third-order valence-corrected chi connectivity index (χ3v) is 3.29. The molecule has 0 radical (unpaired) electrons. The van der Waals surface area contributed by atoms with Gasteiger partial charge in [0.15, 0.2) is 5.96 Å². The second-order valence-corrected chi connectivity index (χ2v) is 5.20. The zero-order chi connectivity index (χ0) is 15.7. The second-order valence-electron chi connectivity index (χ2n) is 5.20. The van der Waals surface area contributed by atoms with Gasteiger partial charge in [-0.15, -0.1) is 0 Å². The van der Waals surface area contributed by atoms with Crippen molar-refractivity contribution in [3.8, 4) is 11.5 Å². The molecule has 0 amide bonds. The summed E-state index contributed by atoms with van der Waals surface area (Å²) in [7, 11) is 3.41. The molecule has 0 saturated carbocycles. The fourth-order valence-corrected chi connectivity index (χ4v) is 1.61. The predicted octanol–water partition coefficient (Wildman–Crippen LogP) is 2.28. The quantitative estimate of drug-likeness (QED) is 0.460. The van der Waals surface area contributed by atoms with E-state index in [2.05, 4.69) is 36.4 Å². The van der Waals surface area contributed by atoms with E-state index in [1.807, 2.05) is 24.3 Å². The molecule has 118 valence electrons. The highest BCUT2D eigenvalue weighted by atomic mass is 16.5. The number of hydrogen-bond donors (Lipinski definition) is 2. The summed E-state index contributed by atoms with van der Waals surface area (Å²) in [6.07, 6.45) is 0. The molecule has 0 spiro atoms. The molecule has 0 fully saturated rings. The van der Waals surface area contributed by atoms with E-state index in [1.54, 1.807) is 14.2 Å². The molecule has 21 heavy (non-hydrogen) atoms. The van der Waals surface area contributed by atoms with Crippen LogP contribution < -0.4 is 20.1 Å². The first-order valence-electron chi connectivity index (χ1n) is 7.30. The minimum atomic E-state index is 0.371. The van der Waals surface area contributed by atoms with Crippen molar-refractivity contribution in [1.29, 1.82) is 0 Å². The van der Waals surface area contributed by atoms with E-state index in [0.717, 1.165) is 17.5 Å². The lowest BCUT2D eigenvalue weighted by Gasteiger charge is -2.20. The lowest BCUT2D eigenvalue weighted by Crippen LogP contribution is -2.45. The van der Waals surface area contributed by atoms with E-state index < -0.39 is 0 Å². The van der Waals surface area contributed by atoms with Crippen LogP contribution in [0.15, 0.2) is 29.3 Å². The Kier molecular flexibility index (Phi) is 7.43. The molecule has 1 aromatic carbocycles. The number of methoxy groups -OCH3 is 1. The molecule has 1 rings (SSSR count). The van der Waals surface area contributed by atoms with E-state index in [0.29, 0.717) is 25.1 Å². The molecule has 0 aromatic heterocycles. The zero-order valence-electron chi connectivity index (χ0n) is 13.6. The number of rotatable bonds is 7. The number of hydrogen-bond acceptors (Lipinski definition) is 3. The van der Waals surface area contributed by atoms with Crippen LogP contribution in [0.3, 0.4) is 0 Å². The fourth-order valence-electron chi connectivity index (χ4n) is 1.61. The van der Waals surface area contributed by atoms with Gasteiger partial charge in [0.2, 0.25) is 0 Å². The van der Waals surface area contributed by atoms with Crippen molar-refractivity contribution >= 4 is 5.96 Å². The van der Waals surface area contributed by atoms with Crippen molar-refractivity contribution in [2.24, 2.45) is 10.9 Å². The Morgan fingerprint density at radius 2 is 1.95 bits per heavy atom. The van der Waals surface area contributed by atoms with Crippen LogP contribution in [0, 0.1) is 5.92 Å². The summed E-state index contributed by atoms with van der Waals surface area (Å²) < 4.78 is 10.8. The minimum absolute atomic E-state index is 0.371. The topological polar surface area (TPSA) is 54.9 Å². The third-order valence-electron chi connectivity index (χ3n) is 3.29. The van der Waals surface area contributed by atoms with Gasteiger partial charge in [-0.05, 0) is 25.0 Å². The van der Waals surface area contributed by atoms with Crippen molar-refractivity contribution in [3.63, 3.8) is 0 Å². The summed E-state index contributed by atoms with van der Waals surface area (Å²) in [6, 6.07) is 7.96. The normalized spacial score (nSPS) is 13.0. The Morgan fingerprint density at radius 3 is 2.57 bits per heavy atom. The smallest absolute Gasteiger partial charge is 0.191 e. The molecule has 0 aliphatic carbocycles. The van der Waals surface area contributed by atoms with Gasteiger partial charge in [0.25, 0.3) is 0 Å². The first kappa shape index (κ1) is 17.1. The Morgan fingerprint density at radius 1 is 1.24 bits per heavy atom. The maximum absolute atomic E-state index is 5.67. The molecule has 0 aliphatic heterocycles. The van der Waals surface area contributed by atoms with E-state index in [4.69, 9.17) is 9.47 Å². The number of nitrogens with one attached hydrogen (secondary N) is 2. The van der Waals surface area contributed by atoms with E-state index in [1.165, 1.54) is 0 Å². The monoisotopic (exact) mass is 293 g/mol. The summed E-state index contributed by atoms with van der Waals surface area (Å²) in [4.78, 5) is 4.20. The Bertz CT molecular complexity index is 447. The van der Waals surface area contributed by atoms with Crippen LogP contribution in [0.2, 0.25) is 0 Å². The van der Waals surface area contributed by atoms with Crippen LogP contribution in [0.5, 0.6) is 11.5 Å². The standard InChI is InChI=1S/C16H27N3O2/c1-12(2)13(3)19-16(17-4)18-9-10-21-15-8-6-7-14(11-15)20-5/h6-8,11-13H,9-10H2,1-5H3,(H2,17,18,19). The largest absolute Gasteiger partial charge is 0.497 e. The lowest BCUT2D eigenvalue weighted by molar-refractivity contribution is 0.318. The molecule has 1 aromatic rings. The minimum Gasteiger partial charge on any atom is -0.497 e. The molecule has 0 saturated heterocycles. The molecule has 0 aliphatic rings. The number of nitrogens with zero attached hydrogens (tertiary/aromatic N) is 1. The van der Waals surface area contributed by atoms with E-state index in [9.17, 15) is 0 Å². The van der Waals surface area contributed by atoms with Crippen molar-refractivity contribution in [1.82, 2.24) is 10.6 Å². The lowest BCUT2D eigenvalue weighted by atomic mass is 10.1. The van der Waals surface area contributed by atoms with Crippen molar-refractivity contribution < 1.29 is 9.47 Å². The fraction of sp³-hybridized carbons (Fsp3) is 0.562. The van der Waals surface area contributed by atoms with Crippen LogP contribution in [-0.4, -0.2) is 39.3 Å². The highest BCUT2D eigenvalue weighted by Crippen LogP contribution is 2.18. The first-order chi connectivity index (χ1) is 10.1. The molecule has 1 atom stereocenters. The van der Waals surface area contributed by atoms with Gasteiger partial charge in [-0.3, -0.25) is 4.99 Å². The predicted molar refractivity (Wildman–Crippen MR) is 87.3 cm³/mol. The Labute approximate surface area is 127 Å². The Balaban J connectivity index is 2.32. The molecule has 2 N–H and O–H groups in total.